The Balaban J connectivity index is 2.30. The van der Waals surface area contributed by atoms with Crippen LogP contribution in [0.25, 0.3) is 0 Å². The first kappa shape index (κ1) is 21.6. The van der Waals surface area contributed by atoms with E-state index in [4.69, 9.17) is 9.47 Å². The number of fused-ring (bicyclic) bond motifs is 3. The minimum atomic E-state index is -1.28. The smallest absolute Gasteiger partial charge is 0.323 e. The molecule has 1 fully saturated rings. The largest absolute Gasteiger partial charge is 0.468 e. The van der Waals surface area contributed by atoms with Crippen LogP contribution in [-0.2, 0) is 29.9 Å². The molecule has 2 aliphatic rings. The van der Waals surface area contributed by atoms with E-state index in [0.717, 1.165) is 19.3 Å². The Kier molecular flexibility index (Phi) is 5.68. The molecule has 1 saturated carbocycles. The first-order valence-electron chi connectivity index (χ1n) is 10.7. The van der Waals surface area contributed by atoms with Crippen LogP contribution >= 0.6 is 0 Å². The van der Waals surface area contributed by atoms with Gasteiger partial charge in [0.1, 0.15) is 0 Å². The number of esters is 2. The van der Waals surface area contributed by atoms with Gasteiger partial charge in [-0.2, -0.15) is 0 Å². The van der Waals surface area contributed by atoms with Crippen LogP contribution in [0.4, 0.5) is 0 Å². The lowest BCUT2D eigenvalue weighted by atomic mass is 9.48. The summed E-state index contributed by atoms with van der Waals surface area (Å²) in [4.78, 5) is 26.0. The minimum Gasteiger partial charge on any atom is -0.468 e. The molecule has 1 aromatic rings. The molecule has 2 aliphatic carbocycles. The summed E-state index contributed by atoms with van der Waals surface area (Å²) < 4.78 is 10.3. The Hall–Kier alpha value is -2.10. The fraction of sp³-hybridized carbons (Fsp3) is 0.600. The molecule has 4 nitrogen and oxygen atoms in total. The van der Waals surface area contributed by atoms with Crippen molar-refractivity contribution >= 4 is 11.9 Å². The number of methoxy groups -OCH3 is 2. The second kappa shape index (κ2) is 7.62. The van der Waals surface area contributed by atoms with Crippen LogP contribution in [0.5, 0.6) is 0 Å². The maximum absolute atomic E-state index is 13.0. The zero-order valence-electron chi connectivity index (χ0n) is 18.6. The first-order valence-corrected chi connectivity index (χ1v) is 10.7. The molecule has 4 heteroatoms. The number of ether oxygens (including phenoxy) is 2. The molecule has 29 heavy (non-hydrogen) atoms. The highest BCUT2D eigenvalue weighted by atomic mass is 16.5. The summed E-state index contributed by atoms with van der Waals surface area (Å²) in [6, 6.07) is 8.53. The summed E-state index contributed by atoms with van der Waals surface area (Å²) in [6.07, 6.45) is 6.21. The molecular weight excluding hydrogens is 364 g/mol. The maximum atomic E-state index is 13.0. The van der Waals surface area contributed by atoms with Crippen LogP contribution in [0.15, 0.2) is 35.9 Å². The van der Waals surface area contributed by atoms with Crippen LogP contribution in [0.1, 0.15) is 70.9 Å². The van der Waals surface area contributed by atoms with E-state index in [1.807, 2.05) is 0 Å². The van der Waals surface area contributed by atoms with Crippen LogP contribution in [0.2, 0.25) is 0 Å². The van der Waals surface area contributed by atoms with Crippen molar-refractivity contribution in [3.63, 3.8) is 0 Å². The second-order valence-electron chi connectivity index (χ2n) is 9.40. The molecule has 0 heterocycles. The highest BCUT2D eigenvalue weighted by Crippen LogP contribution is 2.60. The van der Waals surface area contributed by atoms with Gasteiger partial charge in [-0.3, -0.25) is 9.59 Å². The van der Waals surface area contributed by atoms with Gasteiger partial charge in [-0.15, -0.1) is 0 Å². The van der Waals surface area contributed by atoms with Crippen molar-refractivity contribution in [3.8, 4) is 0 Å². The van der Waals surface area contributed by atoms with Crippen LogP contribution < -0.4 is 0 Å². The number of benzene rings is 1. The Morgan fingerprint density at radius 3 is 2.21 bits per heavy atom. The predicted molar refractivity (Wildman–Crippen MR) is 114 cm³/mol. The second-order valence-corrected chi connectivity index (χ2v) is 9.40. The Morgan fingerprint density at radius 1 is 1.07 bits per heavy atom. The number of allylic oxidation sites excluding steroid dienone is 2. The summed E-state index contributed by atoms with van der Waals surface area (Å²) in [6.45, 7) is 8.81. The third-order valence-electron chi connectivity index (χ3n) is 7.10. The lowest BCUT2D eigenvalue weighted by Gasteiger charge is -2.54. The maximum Gasteiger partial charge on any atom is 0.323 e. The number of carbonyl (C=O) groups is 2. The van der Waals surface area contributed by atoms with Gasteiger partial charge >= 0.3 is 11.9 Å². The topological polar surface area (TPSA) is 52.6 Å². The van der Waals surface area contributed by atoms with Crippen molar-refractivity contribution in [2.75, 3.05) is 14.2 Å². The number of hydrogen-bond donors (Lipinski definition) is 0. The summed E-state index contributed by atoms with van der Waals surface area (Å²) in [5.74, 6) is -0.881. The molecule has 0 saturated heterocycles. The average Bonchev–Trinajstić information content (AvgIpc) is 2.72. The number of carbonyl (C=O) groups excluding carboxylic acids is 2. The fourth-order valence-electron chi connectivity index (χ4n) is 5.88. The molecule has 2 atom stereocenters. The quantitative estimate of drug-likeness (QED) is 0.394. The van der Waals surface area contributed by atoms with Gasteiger partial charge in [0.2, 0.25) is 0 Å². The van der Waals surface area contributed by atoms with Crippen molar-refractivity contribution < 1.29 is 19.1 Å². The number of hydrogen-bond acceptors (Lipinski definition) is 4. The summed E-state index contributed by atoms with van der Waals surface area (Å²) in [5, 5.41) is 0. The predicted octanol–water partition coefficient (Wildman–Crippen LogP) is 5.09. The summed E-state index contributed by atoms with van der Waals surface area (Å²) >= 11 is 0. The van der Waals surface area contributed by atoms with Crippen molar-refractivity contribution in [2.24, 2.45) is 11.3 Å². The van der Waals surface area contributed by atoms with Gasteiger partial charge in [-0.25, -0.2) is 0 Å². The highest BCUT2D eigenvalue weighted by molar-refractivity contribution is 6.00. The minimum absolute atomic E-state index is 0.0754. The van der Waals surface area contributed by atoms with E-state index in [0.29, 0.717) is 12.8 Å². The molecule has 0 aromatic heterocycles. The molecule has 1 aromatic carbocycles. The molecule has 0 N–H and O–H groups in total. The fourth-order valence-corrected chi connectivity index (χ4v) is 5.88. The van der Waals surface area contributed by atoms with Crippen molar-refractivity contribution in [1.29, 1.82) is 0 Å². The van der Waals surface area contributed by atoms with Gasteiger partial charge in [-0.1, -0.05) is 76.5 Å². The molecule has 0 aliphatic heterocycles. The molecule has 0 amide bonds. The van der Waals surface area contributed by atoms with Gasteiger partial charge < -0.3 is 9.47 Å². The molecule has 2 unspecified atom stereocenters. The molecule has 0 spiro atoms. The van der Waals surface area contributed by atoms with Crippen molar-refractivity contribution in [3.05, 3.63) is 47.0 Å². The lowest BCUT2D eigenvalue weighted by molar-refractivity contribution is -0.174. The van der Waals surface area contributed by atoms with E-state index in [9.17, 15) is 9.59 Å². The van der Waals surface area contributed by atoms with Gasteiger partial charge in [0.15, 0.2) is 5.41 Å². The van der Waals surface area contributed by atoms with Crippen LogP contribution in [-0.4, -0.2) is 26.2 Å². The SMILES string of the molecule is CCCCC12CC(C(=O)OC)(C(=O)OC)CC(C)C1=CC(C)(C)c1ccccc12. The molecule has 0 bridgehead atoms. The van der Waals surface area contributed by atoms with Crippen LogP contribution in [0.3, 0.4) is 0 Å². The standard InChI is InChI=1S/C25H34O4/c1-7-8-13-24-16-25(21(26)28-5,22(27)29-6)14-17(2)20(24)15-23(3,4)18-11-9-10-12-19(18)24/h9-12,15,17H,7-8,13-14,16H2,1-6H3. The van der Waals surface area contributed by atoms with Crippen molar-refractivity contribution in [1.82, 2.24) is 0 Å². The Labute approximate surface area is 174 Å². The van der Waals surface area contributed by atoms with Crippen LogP contribution in [0, 0.1) is 11.3 Å². The Bertz CT molecular complexity index is 819. The van der Waals surface area contributed by atoms with E-state index >= 15 is 0 Å². The lowest BCUT2D eigenvalue weighted by Crippen LogP contribution is -2.54. The van der Waals surface area contributed by atoms with Gasteiger partial charge in [0.05, 0.1) is 14.2 Å². The molecule has 158 valence electrons. The highest BCUT2D eigenvalue weighted by Gasteiger charge is 2.61. The van der Waals surface area contributed by atoms with Gasteiger partial charge in [0.25, 0.3) is 0 Å². The monoisotopic (exact) mass is 398 g/mol. The number of unbranched alkanes of at least 4 members (excludes halogenated alkanes) is 1. The van der Waals surface area contributed by atoms with E-state index < -0.39 is 17.4 Å². The third kappa shape index (κ3) is 3.21. The average molecular weight is 399 g/mol. The van der Waals surface area contributed by atoms with E-state index in [2.05, 4.69) is 58.0 Å². The Morgan fingerprint density at radius 2 is 1.66 bits per heavy atom. The third-order valence-corrected chi connectivity index (χ3v) is 7.10. The zero-order chi connectivity index (χ0) is 21.4. The molecule has 0 radical (unpaired) electrons. The van der Waals surface area contributed by atoms with E-state index in [1.54, 1.807) is 0 Å². The zero-order valence-corrected chi connectivity index (χ0v) is 18.6. The van der Waals surface area contributed by atoms with Crippen molar-refractivity contribution in [2.45, 2.75) is 70.6 Å². The number of rotatable bonds is 5. The van der Waals surface area contributed by atoms with Gasteiger partial charge in [0, 0.05) is 10.8 Å². The van der Waals surface area contributed by atoms with E-state index in [1.165, 1.54) is 30.9 Å². The normalized spacial score (nSPS) is 26.6. The first-order chi connectivity index (χ1) is 13.7. The summed E-state index contributed by atoms with van der Waals surface area (Å²) in [5.41, 5.74) is 2.16. The summed E-state index contributed by atoms with van der Waals surface area (Å²) in [7, 11) is 2.72. The molecule has 3 rings (SSSR count). The molecular formula is C25H34O4. The van der Waals surface area contributed by atoms with E-state index in [-0.39, 0.29) is 16.7 Å². The van der Waals surface area contributed by atoms with Gasteiger partial charge in [-0.05, 0) is 36.3 Å².